The lowest BCUT2D eigenvalue weighted by Gasteiger charge is -2.12. The van der Waals surface area contributed by atoms with Gasteiger partial charge >= 0.3 is 0 Å². The van der Waals surface area contributed by atoms with Crippen molar-refractivity contribution in [1.29, 1.82) is 0 Å². The van der Waals surface area contributed by atoms with Crippen LogP contribution in [0.15, 0.2) is 199 Å². The van der Waals surface area contributed by atoms with Crippen LogP contribution in [0.25, 0.3) is 106 Å². The van der Waals surface area contributed by atoms with Gasteiger partial charge in [0.2, 0.25) is 0 Å². The molecule has 5 nitrogen and oxygen atoms in total. The largest absolute Gasteiger partial charge is 0.456 e. The molecule has 0 aliphatic rings. The standard InChI is InChI=1S/C51H32N4O/c1-3-12-34(13-4-1)49-52-50(35-14-5-2-6-15-35)54-51(53-49)36-24-22-33(23-25-36)39-26-28-42-41-18-7-9-20-45(41)55(46(42)32-39)40-17-11-16-37(30-40)38-27-29-48-44(31-38)43-19-8-10-21-47(43)56-48/h1-32H. The fourth-order valence-corrected chi connectivity index (χ4v) is 7.91. The van der Waals surface area contributed by atoms with Gasteiger partial charge in [-0.05, 0) is 64.7 Å². The topological polar surface area (TPSA) is 56.7 Å². The number of aromatic nitrogens is 4. The lowest BCUT2D eigenvalue weighted by atomic mass is 10.0. The molecule has 0 atom stereocenters. The smallest absolute Gasteiger partial charge is 0.164 e. The van der Waals surface area contributed by atoms with E-state index in [0.29, 0.717) is 17.5 Å². The summed E-state index contributed by atoms with van der Waals surface area (Å²) in [4.78, 5) is 14.7. The molecule has 0 amide bonds. The van der Waals surface area contributed by atoms with Gasteiger partial charge in [0.05, 0.1) is 11.0 Å². The van der Waals surface area contributed by atoms with Crippen LogP contribution < -0.4 is 0 Å². The van der Waals surface area contributed by atoms with Gasteiger partial charge < -0.3 is 8.98 Å². The maximum atomic E-state index is 6.13. The molecule has 3 heterocycles. The number of furan rings is 1. The number of para-hydroxylation sites is 2. The Balaban J connectivity index is 0.994. The highest BCUT2D eigenvalue weighted by molar-refractivity contribution is 6.10. The minimum Gasteiger partial charge on any atom is -0.456 e. The van der Waals surface area contributed by atoms with Crippen LogP contribution in [-0.4, -0.2) is 19.5 Å². The van der Waals surface area contributed by atoms with Crippen LogP contribution in [-0.2, 0) is 0 Å². The summed E-state index contributed by atoms with van der Waals surface area (Å²) in [5.74, 6) is 1.94. The second-order valence-electron chi connectivity index (χ2n) is 14.1. The molecule has 56 heavy (non-hydrogen) atoms. The highest BCUT2D eigenvalue weighted by Crippen LogP contribution is 2.37. The van der Waals surface area contributed by atoms with Crippen molar-refractivity contribution in [3.8, 4) is 62.1 Å². The summed E-state index contributed by atoms with van der Waals surface area (Å²) in [7, 11) is 0. The van der Waals surface area contributed by atoms with E-state index in [-0.39, 0.29) is 0 Å². The van der Waals surface area contributed by atoms with Crippen LogP contribution in [0.1, 0.15) is 0 Å². The van der Waals surface area contributed by atoms with Crippen LogP contribution >= 0.6 is 0 Å². The molecule has 0 N–H and O–H groups in total. The Hall–Kier alpha value is -7.63. The van der Waals surface area contributed by atoms with E-state index in [9.17, 15) is 0 Å². The van der Waals surface area contributed by atoms with Gasteiger partial charge in [-0.2, -0.15) is 0 Å². The van der Waals surface area contributed by atoms with Crippen molar-refractivity contribution >= 4 is 43.7 Å². The van der Waals surface area contributed by atoms with Crippen LogP contribution in [0.4, 0.5) is 0 Å². The van der Waals surface area contributed by atoms with Crippen molar-refractivity contribution in [2.75, 3.05) is 0 Å². The second kappa shape index (κ2) is 13.0. The zero-order valence-corrected chi connectivity index (χ0v) is 30.2. The van der Waals surface area contributed by atoms with Gasteiger partial charge in [0.1, 0.15) is 11.2 Å². The molecule has 0 bridgehead atoms. The lowest BCUT2D eigenvalue weighted by Crippen LogP contribution is -2.00. The Kier molecular flexibility index (Phi) is 7.42. The average Bonchev–Trinajstić information content (AvgIpc) is 3.82. The monoisotopic (exact) mass is 716 g/mol. The summed E-state index contributed by atoms with van der Waals surface area (Å²) in [5, 5.41) is 4.69. The predicted molar refractivity (Wildman–Crippen MR) is 229 cm³/mol. The third-order valence-corrected chi connectivity index (χ3v) is 10.7. The van der Waals surface area contributed by atoms with E-state index in [2.05, 4.69) is 126 Å². The molecule has 3 aromatic heterocycles. The number of fused-ring (bicyclic) bond motifs is 6. The second-order valence-corrected chi connectivity index (χ2v) is 14.1. The van der Waals surface area contributed by atoms with E-state index in [1.165, 1.54) is 16.3 Å². The molecule has 262 valence electrons. The van der Waals surface area contributed by atoms with Crippen LogP contribution in [0.5, 0.6) is 0 Å². The third-order valence-electron chi connectivity index (χ3n) is 10.7. The molecule has 0 saturated carbocycles. The number of benzene rings is 8. The number of rotatable bonds is 6. The Morgan fingerprint density at radius 1 is 0.304 bits per heavy atom. The van der Waals surface area contributed by atoms with Crippen LogP contribution in [0, 0.1) is 0 Å². The quantitative estimate of drug-likeness (QED) is 0.172. The molecule has 0 saturated heterocycles. The van der Waals surface area contributed by atoms with Gasteiger partial charge in [0, 0.05) is 43.9 Å². The average molecular weight is 717 g/mol. The van der Waals surface area contributed by atoms with E-state index in [0.717, 1.165) is 72.1 Å². The SMILES string of the molecule is c1ccc(-c2nc(-c3ccccc3)nc(-c3ccc(-c4ccc5c6ccccc6n(-c6cccc(-c7ccc8oc9ccccc9c8c7)c6)c5c4)cc3)n2)cc1. The van der Waals surface area contributed by atoms with E-state index < -0.39 is 0 Å². The van der Waals surface area contributed by atoms with Crippen molar-refractivity contribution < 1.29 is 4.42 Å². The number of hydrogen-bond acceptors (Lipinski definition) is 4. The van der Waals surface area contributed by atoms with Crippen molar-refractivity contribution in [3.05, 3.63) is 194 Å². The van der Waals surface area contributed by atoms with E-state index >= 15 is 0 Å². The van der Waals surface area contributed by atoms with Gasteiger partial charge in [0.25, 0.3) is 0 Å². The fourth-order valence-electron chi connectivity index (χ4n) is 7.91. The van der Waals surface area contributed by atoms with Crippen LogP contribution in [0.3, 0.4) is 0 Å². The number of hydrogen-bond donors (Lipinski definition) is 0. The summed E-state index contributed by atoms with van der Waals surface area (Å²) >= 11 is 0. The van der Waals surface area contributed by atoms with Gasteiger partial charge in [-0.3, -0.25) is 0 Å². The summed E-state index contributed by atoms with van der Waals surface area (Å²) in [6, 6.07) is 67.7. The minimum atomic E-state index is 0.639. The molecule has 0 radical (unpaired) electrons. The molecule has 5 heteroatoms. The van der Waals surface area contributed by atoms with Gasteiger partial charge in [-0.25, -0.2) is 15.0 Å². The Bertz CT molecular complexity index is 3180. The first kappa shape index (κ1) is 31.9. The maximum absolute atomic E-state index is 6.13. The van der Waals surface area contributed by atoms with Crippen LogP contribution in [0.2, 0.25) is 0 Å². The summed E-state index contributed by atoms with van der Waals surface area (Å²) in [6.07, 6.45) is 0. The molecule has 11 aromatic rings. The highest BCUT2D eigenvalue weighted by Gasteiger charge is 2.16. The van der Waals surface area contributed by atoms with Crippen molar-refractivity contribution in [2.45, 2.75) is 0 Å². The van der Waals surface area contributed by atoms with E-state index in [1.54, 1.807) is 0 Å². The zero-order valence-electron chi connectivity index (χ0n) is 30.2. The molecule has 0 aliphatic carbocycles. The maximum Gasteiger partial charge on any atom is 0.164 e. The van der Waals surface area contributed by atoms with Gasteiger partial charge in [-0.15, -0.1) is 0 Å². The third kappa shape index (κ3) is 5.45. The zero-order chi connectivity index (χ0) is 37.0. The van der Waals surface area contributed by atoms with E-state index in [1.807, 2.05) is 72.8 Å². The molecule has 0 aliphatic heterocycles. The Morgan fingerprint density at radius 2 is 0.804 bits per heavy atom. The number of nitrogens with zero attached hydrogens (tertiary/aromatic N) is 4. The molecule has 0 spiro atoms. The minimum absolute atomic E-state index is 0.639. The molecular formula is C51H32N4O. The van der Waals surface area contributed by atoms with Gasteiger partial charge in [0.15, 0.2) is 17.5 Å². The molecule has 8 aromatic carbocycles. The molecule has 11 rings (SSSR count). The predicted octanol–water partition coefficient (Wildman–Crippen LogP) is 13.2. The van der Waals surface area contributed by atoms with Crippen molar-refractivity contribution in [2.24, 2.45) is 0 Å². The molecule has 0 fully saturated rings. The molecular weight excluding hydrogens is 685 g/mol. The summed E-state index contributed by atoms with van der Waals surface area (Å²) < 4.78 is 8.52. The molecule has 0 unspecified atom stereocenters. The summed E-state index contributed by atoms with van der Waals surface area (Å²) in [6.45, 7) is 0. The first-order valence-electron chi connectivity index (χ1n) is 18.8. The first-order valence-corrected chi connectivity index (χ1v) is 18.8. The highest BCUT2D eigenvalue weighted by atomic mass is 16.3. The Labute approximate surface area is 322 Å². The van der Waals surface area contributed by atoms with Crippen molar-refractivity contribution in [1.82, 2.24) is 19.5 Å². The van der Waals surface area contributed by atoms with E-state index in [4.69, 9.17) is 19.4 Å². The summed E-state index contributed by atoms with van der Waals surface area (Å²) in [5.41, 5.74) is 12.6. The first-order chi connectivity index (χ1) is 27.7. The fraction of sp³-hybridized carbons (Fsp3) is 0. The van der Waals surface area contributed by atoms with Crippen molar-refractivity contribution in [3.63, 3.8) is 0 Å². The lowest BCUT2D eigenvalue weighted by molar-refractivity contribution is 0.669. The normalized spacial score (nSPS) is 11.6. The van der Waals surface area contributed by atoms with Gasteiger partial charge in [-0.1, -0.05) is 152 Å². The Morgan fingerprint density at radius 3 is 1.54 bits per heavy atom.